The Morgan fingerprint density at radius 1 is 1.24 bits per heavy atom. The number of piperidine rings is 1. The summed E-state index contributed by atoms with van der Waals surface area (Å²) >= 11 is 6.46. The summed E-state index contributed by atoms with van der Waals surface area (Å²) in [5.74, 6) is -3.13. The molecule has 1 saturated heterocycles. The third-order valence-corrected chi connectivity index (χ3v) is 6.42. The van der Waals surface area contributed by atoms with Crippen molar-refractivity contribution < 1.29 is 18.3 Å². The van der Waals surface area contributed by atoms with Crippen LogP contribution in [0, 0.1) is 23.0 Å². The lowest BCUT2D eigenvalue weighted by atomic mass is 9.96. The molecule has 1 fully saturated rings. The molecule has 230 valence electrons. The molecule has 2 rings (SSSR count). The van der Waals surface area contributed by atoms with Crippen LogP contribution in [0.3, 0.4) is 0 Å². The van der Waals surface area contributed by atoms with Gasteiger partial charge in [0.25, 0.3) is 0 Å². The number of halogens is 3. The second-order valence-electron chi connectivity index (χ2n) is 8.66. The number of carbonyl (C=O) groups excluding carboxylic acids is 1. The molecule has 0 saturated carbocycles. The summed E-state index contributed by atoms with van der Waals surface area (Å²) in [6.07, 6.45) is 8.96. The second kappa shape index (κ2) is 20.3. The number of amidine groups is 1. The third kappa shape index (κ3) is 11.4. The van der Waals surface area contributed by atoms with Crippen LogP contribution < -0.4 is 27.7 Å². The Kier molecular flexibility index (Phi) is 18.6. The lowest BCUT2D eigenvalue weighted by molar-refractivity contribution is -0.123. The highest BCUT2D eigenvalue weighted by Gasteiger charge is 2.25. The summed E-state index contributed by atoms with van der Waals surface area (Å²) < 4.78 is 33.5. The van der Waals surface area contributed by atoms with Gasteiger partial charge in [0, 0.05) is 55.3 Å². The average Bonchev–Trinajstić information content (AvgIpc) is 2.98. The predicted molar refractivity (Wildman–Crippen MR) is 164 cm³/mol. The summed E-state index contributed by atoms with van der Waals surface area (Å²) in [7, 11) is 1.23. The molecule has 41 heavy (non-hydrogen) atoms. The topological polar surface area (TPSA) is 161 Å². The molecule has 1 aromatic rings. The van der Waals surface area contributed by atoms with E-state index < -0.39 is 11.6 Å². The van der Waals surface area contributed by atoms with E-state index in [1.54, 1.807) is 6.08 Å². The number of primary amides is 1. The zero-order valence-corrected chi connectivity index (χ0v) is 25.3. The van der Waals surface area contributed by atoms with Crippen molar-refractivity contribution in [1.29, 1.82) is 5.41 Å². The van der Waals surface area contributed by atoms with Crippen molar-refractivity contribution in [2.75, 3.05) is 26.7 Å². The van der Waals surface area contributed by atoms with Gasteiger partial charge in [-0.15, -0.1) is 0 Å². The van der Waals surface area contributed by atoms with Gasteiger partial charge >= 0.3 is 0 Å². The summed E-state index contributed by atoms with van der Waals surface area (Å²) in [5, 5.41) is 8.74. The Bertz CT molecular complexity index is 1080. The van der Waals surface area contributed by atoms with Gasteiger partial charge in [0.2, 0.25) is 11.7 Å². The number of rotatable bonds is 11. The van der Waals surface area contributed by atoms with Crippen molar-refractivity contribution in [1.82, 2.24) is 9.80 Å². The van der Waals surface area contributed by atoms with Crippen LogP contribution in [0.15, 0.2) is 54.1 Å². The van der Waals surface area contributed by atoms with Crippen molar-refractivity contribution in [2.24, 2.45) is 28.9 Å². The van der Waals surface area contributed by atoms with Gasteiger partial charge in [-0.2, -0.15) is 4.39 Å². The number of nitrogens with two attached hydrogens (primary N) is 4. The largest absolute Gasteiger partial charge is 0.494 e. The molecule has 0 atom stereocenters. The summed E-state index contributed by atoms with van der Waals surface area (Å²) in [6, 6.07) is 2.57. The van der Waals surface area contributed by atoms with Crippen molar-refractivity contribution in [3.63, 3.8) is 0 Å². The number of likely N-dealkylation sites (tertiary alicyclic amines) is 1. The Balaban J connectivity index is 0.00000205. The monoisotopic (exact) mass is 597 g/mol. The summed E-state index contributed by atoms with van der Waals surface area (Å²) in [6.45, 7) is 11.9. The molecule has 1 aliphatic rings. The standard InChI is InChI=1S/C23H29ClF2N6O2.C4H11N.C2H6/c1-14(16-3-5-19(34-2)22(26)21(16)25)32(12-9-27)20(29)6-4-17(24)18(13-28)31-10-7-15(8-11-31)23(30)33;1-2-3-4-5;1-2/h3-5,9,12-13,15,29H,1,6-8,10-11,27-28H2,2H3,(H2,30,33);2-5H2,1H3;1-2H3/b12-9-,17-4+,18-13+,29-20?;;. The van der Waals surface area contributed by atoms with E-state index in [1.807, 2.05) is 18.7 Å². The van der Waals surface area contributed by atoms with E-state index in [9.17, 15) is 13.6 Å². The lowest BCUT2D eigenvalue weighted by Crippen LogP contribution is -2.38. The highest BCUT2D eigenvalue weighted by molar-refractivity contribution is 6.32. The Hall–Kier alpha value is -3.57. The third-order valence-electron chi connectivity index (χ3n) is 6.07. The van der Waals surface area contributed by atoms with E-state index in [0.717, 1.165) is 12.7 Å². The number of nitrogens with one attached hydrogen (secondary N) is 1. The fourth-order valence-corrected chi connectivity index (χ4v) is 4.06. The Morgan fingerprint density at radius 3 is 2.29 bits per heavy atom. The number of allylic oxidation sites excluding steroid dienone is 1. The van der Waals surface area contributed by atoms with Gasteiger partial charge in [0.1, 0.15) is 5.84 Å². The zero-order chi connectivity index (χ0) is 31.5. The predicted octanol–water partition coefficient (Wildman–Crippen LogP) is 4.93. The number of methoxy groups -OCH3 is 1. The van der Waals surface area contributed by atoms with Gasteiger partial charge in [-0.05, 0) is 37.9 Å². The smallest absolute Gasteiger partial charge is 0.220 e. The van der Waals surface area contributed by atoms with E-state index in [0.29, 0.717) is 36.7 Å². The number of benzene rings is 1. The highest BCUT2D eigenvalue weighted by atomic mass is 35.5. The number of amides is 1. The average molecular weight is 598 g/mol. The first-order valence-electron chi connectivity index (χ1n) is 13.6. The van der Waals surface area contributed by atoms with Gasteiger partial charge < -0.3 is 37.5 Å². The van der Waals surface area contributed by atoms with Crippen LogP contribution in [-0.4, -0.2) is 48.3 Å². The quantitative estimate of drug-likeness (QED) is 0.137. The number of carbonyl (C=O) groups is 1. The molecular formula is C29H46ClF2N7O2. The maximum Gasteiger partial charge on any atom is 0.220 e. The van der Waals surface area contributed by atoms with Crippen LogP contribution in [0.25, 0.3) is 5.70 Å². The number of nitrogens with zero attached hydrogens (tertiary/aromatic N) is 2. The molecule has 9 N–H and O–H groups in total. The van der Waals surface area contributed by atoms with E-state index >= 15 is 0 Å². The maximum absolute atomic E-state index is 14.6. The van der Waals surface area contributed by atoms with Gasteiger partial charge in [0.05, 0.1) is 17.8 Å². The highest BCUT2D eigenvalue weighted by Crippen LogP contribution is 2.29. The van der Waals surface area contributed by atoms with Crippen LogP contribution in [0.2, 0.25) is 0 Å². The molecule has 0 aromatic heterocycles. The molecule has 12 heteroatoms. The fourth-order valence-electron chi connectivity index (χ4n) is 3.81. The normalized spacial score (nSPS) is 14.0. The molecule has 9 nitrogen and oxygen atoms in total. The first kappa shape index (κ1) is 37.4. The van der Waals surface area contributed by atoms with E-state index in [1.165, 1.54) is 49.4 Å². The fraction of sp³-hybridized carbons (Fsp3) is 0.448. The first-order chi connectivity index (χ1) is 19.6. The van der Waals surface area contributed by atoms with Crippen LogP contribution in [0.5, 0.6) is 5.75 Å². The van der Waals surface area contributed by atoms with E-state index in [2.05, 4.69) is 13.5 Å². The molecule has 1 aliphatic heterocycles. The SMILES string of the molecule is C=C(c1ccc(OC)c(F)c1F)N(/C=C\N)C(=N)C/C=C(Cl)\C(=C/N)N1CCC(C(N)=O)CC1.CC.CCCCN. The Morgan fingerprint density at radius 2 is 1.85 bits per heavy atom. The van der Waals surface area contributed by atoms with Gasteiger partial charge in [-0.1, -0.05) is 51.4 Å². The lowest BCUT2D eigenvalue weighted by Gasteiger charge is -2.33. The van der Waals surface area contributed by atoms with Gasteiger partial charge in [0.15, 0.2) is 11.6 Å². The zero-order valence-electron chi connectivity index (χ0n) is 24.6. The van der Waals surface area contributed by atoms with Crippen molar-refractivity contribution in [3.8, 4) is 5.75 Å². The molecule has 0 bridgehead atoms. The molecule has 0 aliphatic carbocycles. The molecule has 1 amide bonds. The first-order valence-corrected chi connectivity index (χ1v) is 13.9. The van der Waals surface area contributed by atoms with Gasteiger partial charge in [-0.3, -0.25) is 10.2 Å². The summed E-state index contributed by atoms with van der Waals surface area (Å²) in [5.41, 5.74) is 22.2. The van der Waals surface area contributed by atoms with Crippen LogP contribution >= 0.6 is 11.6 Å². The van der Waals surface area contributed by atoms with Crippen molar-refractivity contribution >= 4 is 29.0 Å². The molecule has 0 unspecified atom stereocenters. The number of unbranched alkanes of at least 4 members (excludes halogenated alkanes) is 1. The minimum absolute atomic E-state index is 0.00149. The number of ether oxygens (including phenoxy) is 1. The summed E-state index contributed by atoms with van der Waals surface area (Å²) in [4.78, 5) is 14.5. The van der Waals surface area contributed by atoms with E-state index in [4.69, 9.17) is 44.7 Å². The molecule has 1 heterocycles. The number of hydrogen-bond donors (Lipinski definition) is 5. The minimum atomic E-state index is -1.16. The van der Waals surface area contributed by atoms with Gasteiger partial charge in [-0.25, -0.2) is 4.39 Å². The second-order valence-corrected chi connectivity index (χ2v) is 9.07. The minimum Gasteiger partial charge on any atom is -0.494 e. The molecule has 0 spiro atoms. The Labute approximate surface area is 248 Å². The van der Waals surface area contributed by atoms with Crippen LogP contribution in [0.1, 0.15) is 58.4 Å². The molecular weight excluding hydrogens is 552 g/mol. The number of hydrogen-bond acceptors (Lipinski definition) is 7. The molecule has 0 radical (unpaired) electrons. The van der Waals surface area contributed by atoms with Crippen molar-refractivity contribution in [3.05, 3.63) is 71.3 Å². The van der Waals surface area contributed by atoms with Crippen molar-refractivity contribution in [2.45, 2.75) is 52.9 Å². The van der Waals surface area contributed by atoms with E-state index in [-0.39, 0.29) is 41.1 Å². The van der Waals surface area contributed by atoms with Crippen LogP contribution in [-0.2, 0) is 4.79 Å². The molecule has 1 aromatic carbocycles. The van der Waals surface area contributed by atoms with Crippen LogP contribution in [0.4, 0.5) is 8.78 Å². The maximum atomic E-state index is 14.6.